The van der Waals surface area contributed by atoms with Crippen molar-refractivity contribution in [3.63, 3.8) is 0 Å². The normalized spacial score (nSPS) is 10.7. The number of aromatic nitrogens is 4. The van der Waals surface area contributed by atoms with Crippen LogP contribution >= 0.6 is 15.9 Å². The summed E-state index contributed by atoms with van der Waals surface area (Å²) in [4.78, 5) is 18.7. The molecule has 84 valence electrons. The van der Waals surface area contributed by atoms with Crippen molar-refractivity contribution in [3.8, 4) is 11.4 Å². The van der Waals surface area contributed by atoms with Crippen LogP contribution in [0.4, 0.5) is 0 Å². The van der Waals surface area contributed by atoms with E-state index in [-0.39, 0.29) is 5.56 Å². The van der Waals surface area contributed by atoms with Crippen LogP contribution in [0, 0.1) is 0 Å². The van der Waals surface area contributed by atoms with Gasteiger partial charge in [0.15, 0.2) is 0 Å². The molecule has 6 heteroatoms. The molecule has 0 spiro atoms. The summed E-state index contributed by atoms with van der Waals surface area (Å²) in [5, 5.41) is 4.04. The number of hydrogen-bond acceptors (Lipinski definition) is 3. The van der Waals surface area contributed by atoms with Gasteiger partial charge in [-0.15, -0.1) is 0 Å². The summed E-state index contributed by atoms with van der Waals surface area (Å²) in [6.07, 6.45) is 4.19. The van der Waals surface area contributed by atoms with E-state index in [0.717, 1.165) is 11.3 Å². The number of nitrogens with one attached hydrogen (secondary N) is 1. The first-order valence-corrected chi connectivity index (χ1v) is 5.68. The molecule has 0 amide bonds. The Hall–Kier alpha value is -1.43. The second-order valence-electron chi connectivity index (χ2n) is 3.43. The summed E-state index contributed by atoms with van der Waals surface area (Å²) in [6.45, 7) is 1.96. The molecule has 5 nitrogen and oxygen atoms in total. The minimum atomic E-state index is -0.161. The van der Waals surface area contributed by atoms with E-state index < -0.39 is 0 Å². The highest BCUT2D eigenvalue weighted by Crippen LogP contribution is 2.16. The van der Waals surface area contributed by atoms with Crippen LogP contribution in [0.2, 0.25) is 0 Å². The van der Waals surface area contributed by atoms with Crippen LogP contribution in [0.15, 0.2) is 21.7 Å². The van der Waals surface area contributed by atoms with Crippen molar-refractivity contribution < 1.29 is 0 Å². The van der Waals surface area contributed by atoms with E-state index >= 15 is 0 Å². The van der Waals surface area contributed by atoms with Gasteiger partial charge in [-0.1, -0.05) is 6.92 Å². The molecule has 2 aromatic rings. The number of aryl methyl sites for hydroxylation is 2. The first kappa shape index (κ1) is 11.1. The third-order valence-corrected chi connectivity index (χ3v) is 3.06. The zero-order valence-corrected chi connectivity index (χ0v) is 10.6. The average molecular weight is 283 g/mol. The van der Waals surface area contributed by atoms with Gasteiger partial charge in [0, 0.05) is 13.2 Å². The second kappa shape index (κ2) is 4.21. The lowest BCUT2D eigenvalue weighted by Gasteiger charge is -2.02. The SMILES string of the molecule is CCc1nc(-c2cnn(C)c2)[nH]c(=O)c1Br. The molecule has 2 rings (SSSR count). The molecule has 0 saturated carbocycles. The van der Waals surface area contributed by atoms with Crippen LogP contribution in [0.3, 0.4) is 0 Å². The van der Waals surface area contributed by atoms with Gasteiger partial charge < -0.3 is 4.98 Å². The van der Waals surface area contributed by atoms with Gasteiger partial charge in [-0.05, 0) is 22.4 Å². The molecule has 16 heavy (non-hydrogen) atoms. The van der Waals surface area contributed by atoms with Crippen molar-refractivity contribution in [1.82, 2.24) is 19.7 Å². The number of H-pyrrole nitrogens is 1. The van der Waals surface area contributed by atoms with Crippen molar-refractivity contribution in [3.05, 3.63) is 32.9 Å². The molecular formula is C10H11BrN4O. The highest BCUT2D eigenvalue weighted by molar-refractivity contribution is 9.10. The Morgan fingerprint density at radius 2 is 2.31 bits per heavy atom. The maximum atomic E-state index is 11.6. The molecule has 0 aliphatic carbocycles. The monoisotopic (exact) mass is 282 g/mol. The minimum Gasteiger partial charge on any atom is -0.305 e. The summed E-state index contributed by atoms with van der Waals surface area (Å²) in [6, 6.07) is 0. The Morgan fingerprint density at radius 1 is 1.56 bits per heavy atom. The van der Waals surface area contributed by atoms with Gasteiger partial charge in [0.25, 0.3) is 5.56 Å². The van der Waals surface area contributed by atoms with Crippen LogP contribution in [-0.2, 0) is 13.5 Å². The molecular weight excluding hydrogens is 272 g/mol. The van der Waals surface area contributed by atoms with Gasteiger partial charge in [0.05, 0.1) is 17.5 Å². The number of hydrogen-bond donors (Lipinski definition) is 1. The summed E-state index contributed by atoms with van der Waals surface area (Å²) in [7, 11) is 1.82. The highest BCUT2D eigenvalue weighted by atomic mass is 79.9. The van der Waals surface area contributed by atoms with E-state index in [1.165, 1.54) is 0 Å². The van der Waals surface area contributed by atoms with E-state index in [9.17, 15) is 4.79 Å². The van der Waals surface area contributed by atoms with E-state index in [1.807, 2.05) is 20.2 Å². The average Bonchev–Trinajstić information content (AvgIpc) is 2.69. The molecule has 0 aliphatic rings. The zero-order valence-electron chi connectivity index (χ0n) is 8.99. The van der Waals surface area contributed by atoms with Gasteiger partial charge >= 0.3 is 0 Å². The van der Waals surface area contributed by atoms with Crippen LogP contribution in [0.25, 0.3) is 11.4 Å². The van der Waals surface area contributed by atoms with Gasteiger partial charge in [-0.25, -0.2) is 4.98 Å². The van der Waals surface area contributed by atoms with Gasteiger partial charge in [-0.2, -0.15) is 5.10 Å². The predicted octanol–water partition coefficient (Wildman–Crippen LogP) is 1.50. The van der Waals surface area contributed by atoms with Crippen LogP contribution in [0.5, 0.6) is 0 Å². The fourth-order valence-electron chi connectivity index (χ4n) is 1.42. The fourth-order valence-corrected chi connectivity index (χ4v) is 1.89. The summed E-state index contributed by atoms with van der Waals surface area (Å²) in [5.74, 6) is 0.554. The molecule has 1 N–H and O–H groups in total. The van der Waals surface area contributed by atoms with E-state index in [4.69, 9.17) is 0 Å². The molecule has 0 aromatic carbocycles. The minimum absolute atomic E-state index is 0.161. The first-order chi connectivity index (χ1) is 7.61. The molecule has 0 saturated heterocycles. The number of rotatable bonds is 2. The zero-order chi connectivity index (χ0) is 11.7. The number of aromatic amines is 1. The molecule has 2 aromatic heterocycles. The first-order valence-electron chi connectivity index (χ1n) is 4.89. The molecule has 2 heterocycles. The van der Waals surface area contributed by atoms with Crippen molar-refractivity contribution in [2.75, 3.05) is 0 Å². The summed E-state index contributed by atoms with van der Waals surface area (Å²) < 4.78 is 2.17. The standard InChI is InChI=1S/C10H11BrN4O/c1-3-7-8(11)10(16)14-9(13-7)6-4-12-15(2)5-6/h4-5H,3H2,1-2H3,(H,13,14,16). The van der Waals surface area contributed by atoms with Crippen molar-refractivity contribution in [2.24, 2.45) is 7.05 Å². The molecule has 0 fully saturated rings. The van der Waals surface area contributed by atoms with Gasteiger partial charge in [0.1, 0.15) is 10.3 Å². The van der Waals surface area contributed by atoms with E-state index in [2.05, 4.69) is 31.0 Å². The Morgan fingerprint density at radius 3 is 2.88 bits per heavy atom. The Kier molecular flexibility index (Phi) is 2.91. The lowest BCUT2D eigenvalue weighted by molar-refractivity contribution is 0.768. The molecule has 0 aliphatic heterocycles. The van der Waals surface area contributed by atoms with Crippen molar-refractivity contribution >= 4 is 15.9 Å². The molecule has 0 bridgehead atoms. The van der Waals surface area contributed by atoms with Gasteiger partial charge in [0.2, 0.25) is 0 Å². The molecule has 0 radical (unpaired) electrons. The Bertz CT molecular complexity index is 572. The maximum Gasteiger partial charge on any atom is 0.265 e. The number of halogens is 1. The van der Waals surface area contributed by atoms with Crippen LogP contribution in [-0.4, -0.2) is 19.7 Å². The largest absolute Gasteiger partial charge is 0.305 e. The van der Waals surface area contributed by atoms with Gasteiger partial charge in [-0.3, -0.25) is 9.48 Å². The lowest BCUT2D eigenvalue weighted by atomic mass is 10.3. The van der Waals surface area contributed by atoms with Crippen LogP contribution < -0.4 is 5.56 Å². The third-order valence-electron chi connectivity index (χ3n) is 2.24. The summed E-state index contributed by atoms with van der Waals surface area (Å²) >= 11 is 3.23. The van der Waals surface area contributed by atoms with Crippen molar-refractivity contribution in [2.45, 2.75) is 13.3 Å². The fraction of sp³-hybridized carbons (Fsp3) is 0.300. The predicted molar refractivity (Wildman–Crippen MR) is 64.1 cm³/mol. The smallest absolute Gasteiger partial charge is 0.265 e. The lowest BCUT2D eigenvalue weighted by Crippen LogP contribution is -2.13. The Balaban J connectivity index is 2.59. The quantitative estimate of drug-likeness (QED) is 0.908. The Labute approximate surface area is 101 Å². The third kappa shape index (κ3) is 1.92. The highest BCUT2D eigenvalue weighted by Gasteiger charge is 2.09. The van der Waals surface area contributed by atoms with E-state index in [1.54, 1.807) is 10.9 Å². The van der Waals surface area contributed by atoms with Crippen LogP contribution in [0.1, 0.15) is 12.6 Å². The molecule has 0 atom stereocenters. The topological polar surface area (TPSA) is 63.6 Å². The van der Waals surface area contributed by atoms with E-state index in [0.29, 0.717) is 16.7 Å². The van der Waals surface area contributed by atoms with Crippen molar-refractivity contribution in [1.29, 1.82) is 0 Å². The second-order valence-corrected chi connectivity index (χ2v) is 4.22. The summed E-state index contributed by atoms with van der Waals surface area (Å²) in [5.41, 5.74) is 1.40. The molecule has 0 unspecified atom stereocenters. The maximum absolute atomic E-state index is 11.6. The number of nitrogens with zero attached hydrogens (tertiary/aromatic N) is 3.